The topological polar surface area (TPSA) is 35.8 Å². The normalized spacial score (nSPS) is 23.4. The van der Waals surface area contributed by atoms with Gasteiger partial charge in [-0.2, -0.15) is 5.26 Å². The van der Waals surface area contributed by atoms with Gasteiger partial charge in [-0.15, -0.1) is 0 Å². The third kappa shape index (κ3) is 2.79. The fraction of sp³-hybridized carbons (Fsp3) is 0.533. The molecule has 1 fully saturated rings. The van der Waals surface area contributed by atoms with Gasteiger partial charge < -0.3 is 5.32 Å². The van der Waals surface area contributed by atoms with Crippen LogP contribution >= 0.6 is 0 Å². The standard InChI is InChI=1S/C15H20N2/c1-11-6-7-13(9-16)15(8-11)17-10-14-5-3-4-12(14)2/h6-8,12,14,17H,3-5,10H2,1-2H3. The minimum Gasteiger partial charge on any atom is -0.384 e. The molecule has 2 unspecified atom stereocenters. The highest BCUT2D eigenvalue weighted by Crippen LogP contribution is 2.31. The molecule has 0 radical (unpaired) electrons. The summed E-state index contributed by atoms with van der Waals surface area (Å²) in [7, 11) is 0. The smallest absolute Gasteiger partial charge is 0.101 e. The highest BCUT2D eigenvalue weighted by Gasteiger charge is 2.22. The fourth-order valence-corrected chi connectivity index (χ4v) is 2.67. The Morgan fingerprint density at radius 2 is 2.24 bits per heavy atom. The molecule has 0 bridgehead atoms. The van der Waals surface area contributed by atoms with Crippen LogP contribution in [0, 0.1) is 30.1 Å². The summed E-state index contributed by atoms with van der Waals surface area (Å²) in [6.07, 6.45) is 4.03. The first kappa shape index (κ1) is 12.0. The molecule has 1 saturated carbocycles. The lowest BCUT2D eigenvalue weighted by atomic mass is 9.98. The van der Waals surface area contributed by atoms with Gasteiger partial charge in [0.25, 0.3) is 0 Å². The van der Waals surface area contributed by atoms with E-state index in [1.54, 1.807) is 0 Å². The van der Waals surface area contributed by atoms with Crippen LogP contribution in [0.3, 0.4) is 0 Å². The predicted octanol–water partition coefficient (Wildman–Crippen LogP) is 3.71. The van der Waals surface area contributed by atoms with E-state index in [0.29, 0.717) is 0 Å². The monoisotopic (exact) mass is 228 g/mol. The molecule has 0 aromatic heterocycles. The molecule has 2 nitrogen and oxygen atoms in total. The Bertz CT molecular complexity index is 431. The molecule has 0 amide bonds. The molecular weight excluding hydrogens is 208 g/mol. The average molecular weight is 228 g/mol. The molecule has 2 rings (SSSR count). The van der Waals surface area contributed by atoms with Gasteiger partial charge in [0.15, 0.2) is 0 Å². The van der Waals surface area contributed by atoms with Gasteiger partial charge in [0.1, 0.15) is 6.07 Å². The molecule has 0 heterocycles. The first-order chi connectivity index (χ1) is 8.20. The molecule has 0 aliphatic heterocycles. The molecule has 0 saturated heterocycles. The Morgan fingerprint density at radius 3 is 2.88 bits per heavy atom. The SMILES string of the molecule is Cc1ccc(C#N)c(NCC2CCCC2C)c1. The molecule has 17 heavy (non-hydrogen) atoms. The maximum Gasteiger partial charge on any atom is 0.101 e. The number of nitrogens with one attached hydrogen (secondary N) is 1. The molecule has 1 aliphatic carbocycles. The summed E-state index contributed by atoms with van der Waals surface area (Å²) >= 11 is 0. The Balaban J connectivity index is 2.03. The molecule has 1 aliphatic rings. The lowest BCUT2D eigenvalue weighted by Crippen LogP contribution is -2.17. The van der Waals surface area contributed by atoms with E-state index < -0.39 is 0 Å². The van der Waals surface area contributed by atoms with Gasteiger partial charge in [-0.1, -0.05) is 25.8 Å². The average Bonchev–Trinajstić information content (AvgIpc) is 2.72. The largest absolute Gasteiger partial charge is 0.384 e. The molecule has 1 aromatic rings. The maximum atomic E-state index is 9.06. The van der Waals surface area contributed by atoms with E-state index >= 15 is 0 Å². The van der Waals surface area contributed by atoms with Gasteiger partial charge in [0.2, 0.25) is 0 Å². The fourth-order valence-electron chi connectivity index (χ4n) is 2.67. The van der Waals surface area contributed by atoms with Crippen LogP contribution in [0.15, 0.2) is 18.2 Å². The third-order valence-corrected chi connectivity index (χ3v) is 3.89. The van der Waals surface area contributed by atoms with Crippen LogP contribution in [0.2, 0.25) is 0 Å². The van der Waals surface area contributed by atoms with Crippen LogP contribution in [0.5, 0.6) is 0 Å². The summed E-state index contributed by atoms with van der Waals surface area (Å²) in [4.78, 5) is 0. The van der Waals surface area contributed by atoms with Crippen molar-refractivity contribution in [2.75, 3.05) is 11.9 Å². The summed E-state index contributed by atoms with van der Waals surface area (Å²) in [5.41, 5.74) is 2.94. The highest BCUT2D eigenvalue weighted by atomic mass is 14.9. The number of benzene rings is 1. The molecule has 90 valence electrons. The van der Waals surface area contributed by atoms with E-state index in [9.17, 15) is 0 Å². The van der Waals surface area contributed by atoms with Crippen LogP contribution in [-0.2, 0) is 0 Å². The number of hydrogen-bond donors (Lipinski definition) is 1. The molecule has 1 N–H and O–H groups in total. The van der Waals surface area contributed by atoms with Crippen molar-refractivity contribution >= 4 is 5.69 Å². The number of nitrogens with zero attached hydrogens (tertiary/aromatic N) is 1. The quantitative estimate of drug-likeness (QED) is 0.856. The zero-order valence-electron chi connectivity index (χ0n) is 10.7. The molecule has 2 atom stereocenters. The number of rotatable bonds is 3. The van der Waals surface area contributed by atoms with Crippen molar-refractivity contribution in [2.24, 2.45) is 11.8 Å². The molecular formula is C15H20N2. The highest BCUT2D eigenvalue weighted by molar-refractivity contribution is 5.58. The second kappa shape index (κ2) is 5.23. The minimum atomic E-state index is 0.751. The van der Waals surface area contributed by atoms with Gasteiger partial charge in [-0.25, -0.2) is 0 Å². The van der Waals surface area contributed by atoms with Crippen molar-refractivity contribution in [3.05, 3.63) is 29.3 Å². The zero-order chi connectivity index (χ0) is 12.3. The van der Waals surface area contributed by atoms with Crippen molar-refractivity contribution in [2.45, 2.75) is 33.1 Å². The van der Waals surface area contributed by atoms with Gasteiger partial charge >= 0.3 is 0 Å². The van der Waals surface area contributed by atoms with Gasteiger partial charge in [-0.05, 0) is 42.9 Å². The van der Waals surface area contributed by atoms with Crippen LogP contribution in [0.1, 0.15) is 37.3 Å². The molecule has 0 spiro atoms. The van der Waals surface area contributed by atoms with Crippen molar-refractivity contribution < 1.29 is 0 Å². The van der Waals surface area contributed by atoms with Crippen molar-refractivity contribution in [1.29, 1.82) is 5.26 Å². The van der Waals surface area contributed by atoms with E-state index in [1.807, 2.05) is 12.1 Å². The summed E-state index contributed by atoms with van der Waals surface area (Å²) < 4.78 is 0. The zero-order valence-corrected chi connectivity index (χ0v) is 10.7. The van der Waals surface area contributed by atoms with Crippen LogP contribution < -0.4 is 5.32 Å². The second-order valence-corrected chi connectivity index (χ2v) is 5.21. The third-order valence-electron chi connectivity index (χ3n) is 3.89. The summed E-state index contributed by atoms with van der Waals surface area (Å²) in [6, 6.07) is 8.20. The summed E-state index contributed by atoms with van der Waals surface area (Å²) in [6.45, 7) is 5.39. The molecule has 2 heteroatoms. The Kier molecular flexibility index (Phi) is 3.68. The van der Waals surface area contributed by atoms with Crippen molar-refractivity contribution in [1.82, 2.24) is 0 Å². The molecule has 1 aromatic carbocycles. The minimum absolute atomic E-state index is 0.751. The number of nitriles is 1. The van der Waals surface area contributed by atoms with Crippen molar-refractivity contribution in [3.8, 4) is 6.07 Å². The Labute approximate surface area is 104 Å². The first-order valence-electron chi connectivity index (χ1n) is 6.45. The maximum absolute atomic E-state index is 9.06. The number of aryl methyl sites for hydroxylation is 1. The second-order valence-electron chi connectivity index (χ2n) is 5.21. The van der Waals surface area contributed by atoms with Crippen LogP contribution in [-0.4, -0.2) is 6.54 Å². The Hall–Kier alpha value is -1.49. The van der Waals surface area contributed by atoms with E-state index in [2.05, 4.69) is 31.3 Å². The van der Waals surface area contributed by atoms with E-state index in [0.717, 1.165) is 29.6 Å². The van der Waals surface area contributed by atoms with Gasteiger partial charge in [0.05, 0.1) is 11.3 Å². The lowest BCUT2D eigenvalue weighted by molar-refractivity contribution is 0.439. The van der Waals surface area contributed by atoms with Crippen LogP contribution in [0.25, 0.3) is 0 Å². The van der Waals surface area contributed by atoms with Gasteiger partial charge in [-0.3, -0.25) is 0 Å². The summed E-state index contributed by atoms with van der Waals surface area (Å²) in [5.74, 6) is 1.58. The first-order valence-corrected chi connectivity index (χ1v) is 6.45. The van der Waals surface area contributed by atoms with E-state index in [-0.39, 0.29) is 0 Å². The number of anilines is 1. The number of hydrogen-bond acceptors (Lipinski definition) is 2. The van der Waals surface area contributed by atoms with E-state index in [1.165, 1.54) is 24.8 Å². The Morgan fingerprint density at radius 1 is 1.41 bits per heavy atom. The predicted molar refractivity (Wildman–Crippen MR) is 70.9 cm³/mol. The van der Waals surface area contributed by atoms with E-state index in [4.69, 9.17) is 5.26 Å². The van der Waals surface area contributed by atoms with Gasteiger partial charge in [0, 0.05) is 6.54 Å². The lowest BCUT2D eigenvalue weighted by Gasteiger charge is -2.17. The van der Waals surface area contributed by atoms with Crippen molar-refractivity contribution in [3.63, 3.8) is 0 Å². The summed E-state index contributed by atoms with van der Waals surface area (Å²) in [5, 5.41) is 12.5. The van der Waals surface area contributed by atoms with Crippen LogP contribution in [0.4, 0.5) is 5.69 Å².